The number of amides is 1. The van der Waals surface area contributed by atoms with Gasteiger partial charge in [0.05, 0.1) is 5.39 Å². The molecule has 0 saturated carbocycles. The molecule has 2 aliphatic rings. The van der Waals surface area contributed by atoms with Crippen LogP contribution in [0.15, 0.2) is 60.2 Å². The molecule has 6 rings (SSSR count). The van der Waals surface area contributed by atoms with E-state index in [4.69, 9.17) is 9.47 Å². The van der Waals surface area contributed by atoms with Crippen molar-refractivity contribution >= 4 is 33.3 Å². The van der Waals surface area contributed by atoms with Gasteiger partial charge in [-0.25, -0.2) is 14.4 Å². The summed E-state index contributed by atoms with van der Waals surface area (Å²) < 4.78 is 25.1. The number of para-hydroxylation sites is 2. The molecular formula is C25H21FN4O3S. The Balaban J connectivity index is 1.19. The lowest BCUT2D eigenvalue weighted by atomic mass is 10.1. The monoisotopic (exact) mass is 476 g/mol. The van der Waals surface area contributed by atoms with Crippen LogP contribution >= 0.6 is 11.3 Å². The minimum absolute atomic E-state index is 0.0653. The van der Waals surface area contributed by atoms with Gasteiger partial charge in [-0.2, -0.15) is 0 Å². The summed E-state index contributed by atoms with van der Waals surface area (Å²) >= 11 is 1.54. The molecule has 1 unspecified atom stereocenters. The Bertz CT molecular complexity index is 1350. The maximum absolute atomic E-state index is 13.4. The van der Waals surface area contributed by atoms with Gasteiger partial charge in [-0.15, -0.1) is 11.3 Å². The molecule has 4 heterocycles. The number of ether oxygens (including phenoxy) is 2. The van der Waals surface area contributed by atoms with E-state index in [1.54, 1.807) is 29.8 Å². The second-order valence-corrected chi connectivity index (χ2v) is 9.07. The molecule has 7 nitrogen and oxygen atoms in total. The van der Waals surface area contributed by atoms with Crippen molar-refractivity contribution in [1.29, 1.82) is 0 Å². The van der Waals surface area contributed by atoms with Gasteiger partial charge in [-0.05, 0) is 29.8 Å². The molecule has 1 amide bonds. The zero-order chi connectivity index (χ0) is 23.1. The van der Waals surface area contributed by atoms with Crippen LogP contribution in [-0.4, -0.2) is 59.7 Å². The Morgan fingerprint density at radius 1 is 1.00 bits per heavy atom. The molecule has 2 aliphatic heterocycles. The van der Waals surface area contributed by atoms with Crippen LogP contribution in [0.5, 0.6) is 11.5 Å². The summed E-state index contributed by atoms with van der Waals surface area (Å²) in [6.07, 6.45) is 0.930. The van der Waals surface area contributed by atoms with Crippen LogP contribution in [0.1, 0.15) is 0 Å². The van der Waals surface area contributed by atoms with E-state index in [0.29, 0.717) is 37.7 Å². The van der Waals surface area contributed by atoms with Crippen LogP contribution in [0.25, 0.3) is 21.3 Å². The van der Waals surface area contributed by atoms with Crippen LogP contribution in [0.2, 0.25) is 0 Å². The molecule has 2 aromatic heterocycles. The van der Waals surface area contributed by atoms with Crippen LogP contribution in [-0.2, 0) is 4.79 Å². The molecule has 0 aliphatic carbocycles. The van der Waals surface area contributed by atoms with Gasteiger partial charge in [-0.3, -0.25) is 4.79 Å². The lowest BCUT2D eigenvalue weighted by molar-refractivity contribution is -0.141. The third-order valence-corrected chi connectivity index (χ3v) is 7.07. The lowest BCUT2D eigenvalue weighted by Crippen LogP contribution is -2.54. The number of carbonyl (C=O) groups excluding carboxylic acids is 1. The first-order valence-corrected chi connectivity index (χ1v) is 12.0. The highest BCUT2D eigenvalue weighted by Gasteiger charge is 2.33. The van der Waals surface area contributed by atoms with Crippen LogP contribution in [0.4, 0.5) is 10.2 Å². The number of anilines is 1. The summed E-state index contributed by atoms with van der Waals surface area (Å²) in [6.45, 7) is 2.60. The smallest absolute Gasteiger partial charge is 0.267 e. The minimum atomic E-state index is -0.644. The molecule has 172 valence electrons. The Morgan fingerprint density at radius 2 is 1.76 bits per heavy atom. The molecule has 9 heteroatoms. The number of thiophene rings is 1. The van der Waals surface area contributed by atoms with Gasteiger partial charge in [0, 0.05) is 37.1 Å². The van der Waals surface area contributed by atoms with Crippen molar-refractivity contribution in [3.63, 3.8) is 0 Å². The fraction of sp³-hybridized carbons (Fsp3) is 0.240. The Hall–Kier alpha value is -3.72. The number of hydrogen-bond donors (Lipinski definition) is 0. The Morgan fingerprint density at radius 3 is 2.56 bits per heavy atom. The maximum Gasteiger partial charge on any atom is 0.267 e. The van der Waals surface area contributed by atoms with Crippen LogP contribution in [0, 0.1) is 5.82 Å². The standard InChI is InChI=1S/C25H21FN4O3S/c26-17-7-5-16(6-8-17)18-14-34-24-22(18)23(27-15-28-24)29-9-11-30(12-10-29)25(31)21-13-32-19-3-1-2-4-20(19)33-21/h1-8,14-15,21H,9-13H2. The fourth-order valence-electron chi connectivity index (χ4n) is 4.42. The van der Waals surface area contributed by atoms with Gasteiger partial charge in [0.15, 0.2) is 11.5 Å². The molecule has 4 aromatic rings. The van der Waals surface area contributed by atoms with Crippen molar-refractivity contribution < 1.29 is 18.7 Å². The summed E-state index contributed by atoms with van der Waals surface area (Å²) in [5, 5.41) is 2.99. The Labute approximate surface area is 199 Å². The first kappa shape index (κ1) is 20.9. The summed E-state index contributed by atoms with van der Waals surface area (Å²) in [4.78, 5) is 27.0. The second kappa shape index (κ2) is 8.57. The molecule has 1 fully saturated rings. The summed E-state index contributed by atoms with van der Waals surface area (Å²) in [6, 6.07) is 13.9. The maximum atomic E-state index is 13.4. The molecule has 1 saturated heterocycles. The zero-order valence-corrected chi connectivity index (χ0v) is 19.0. The first-order chi connectivity index (χ1) is 16.7. The van der Waals surface area contributed by atoms with Crippen molar-refractivity contribution in [1.82, 2.24) is 14.9 Å². The van der Waals surface area contributed by atoms with E-state index in [0.717, 1.165) is 27.2 Å². The third-order valence-electron chi connectivity index (χ3n) is 6.18. The van der Waals surface area contributed by atoms with E-state index in [2.05, 4.69) is 14.9 Å². The van der Waals surface area contributed by atoms with Gasteiger partial charge in [0.2, 0.25) is 6.10 Å². The number of rotatable bonds is 3. The normalized spacial score (nSPS) is 17.7. The predicted molar refractivity (Wildman–Crippen MR) is 128 cm³/mol. The van der Waals surface area contributed by atoms with Gasteiger partial charge in [-0.1, -0.05) is 24.3 Å². The van der Waals surface area contributed by atoms with Crippen molar-refractivity contribution in [2.24, 2.45) is 0 Å². The number of piperazine rings is 1. The van der Waals surface area contributed by atoms with Gasteiger partial charge in [0.25, 0.3) is 5.91 Å². The van der Waals surface area contributed by atoms with E-state index in [1.807, 2.05) is 34.5 Å². The molecular weight excluding hydrogens is 455 g/mol. The SMILES string of the molecule is O=C(C1COc2ccccc2O1)N1CCN(c2ncnc3scc(-c4ccc(F)cc4)c23)CC1. The largest absolute Gasteiger partial charge is 0.485 e. The van der Waals surface area contributed by atoms with Crippen LogP contribution < -0.4 is 14.4 Å². The van der Waals surface area contributed by atoms with E-state index in [1.165, 1.54) is 12.1 Å². The molecule has 34 heavy (non-hydrogen) atoms. The Kier molecular flexibility index (Phi) is 5.26. The van der Waals surface area contributed by atoms with E-state index < -0.39 is 6.10 Å². The quantitative estimate of drug-likeness (QED) is 0.446. The van der Waals surface area contributed by atoms with Gasteiger partial charge < -0.3 is 19.3 Å². The summed E-state index contributed by atoms with van der Waals surface area (Å²) in [5.74, 6) is 1.77. The topological polar surface area (TPSA) is 67.8 Å². The number of carbonyl (C=O) groups is 1. The highest BCUT2D eigenvalue weighted by molar-refractivity contribution is 7.17. The summed E-state index contributed by atoms with van der Waals surface area (Å²) in [5.41, 5.74) is 1.91. The average Bonchev–Trinajstić information content (AvgIpc) is 3.33. The average molecular weight is 477 g/mol. The first-order valence-electron chi connectivity index (χ1n) is 11.1. The second-order valence-electron chi connectivity index (χ2n) is 8.21. The van der Waals surface area contributed by atoms with Crippen molar-refractivity contribution in [2.45, 2.75) is 6.10 Å². The lowest BCUT2D eigenvalue weighted by Gasteiger charge is -2.37. The molecule has 0 N–H and O–H groups in total. The number of halogens is 1. The highest BCUT2D eigenvalue weighted by Crippen LogP contribution is 2.38. The minimum Gasteiger partial charge on any atom is -0.485 e. The molecule has 0 bridgehead atoms. The number of aromatic nitrogens is 2. The van der Waals surface area contributed by atoms with Gasteiger partial charge >= 0.3 is 0 Å². The molecule has 1 atom stereocenters. The van der Waals surface area contributed by atoms with E-state index in [-0.39, 0.29) is 18.3 Å². The number of benzene rings is 2. The zero-order valence-electron chi connectivity index (χ0n) is 18.2. The summed E-state index contributed by atoms with van der Waals surface area (Å²) in [7, 11) is 0. The fourth-order valence-corrected chi connectivity index (χ4v) is 5.34. The van der Waals surface area contributed by atoms with Crippen molar-refractivity contribution in [3.05, 3.63) is 66.1 Å². The molecule has 0 radical (unpaired) electrons. The molecule has 0 spiro atoms. The van der Waals surface area contributed by atoms with Gasteiger partial charge in [0.1, 0.15) is 29.4 Å². The third kappa shape index (κ3) is 3.71. The van der Waals surface area contributed by atoms with Crippen molar-refractivity contribution in [3.8, 4) is 22.6 Å². The predicted octanol–water partition coefficient (Wildman–Crippen LogP) is 3.99. The van der Waals surface area contributed by atoms with Crippen LogP contribution in [0.3, 0.4) is 0 Å². The number of fused-ring (bicyclic) bond motifs is 2. The van der Waals surface area contributed by atoms with Crippen molar-refractivity contribution in [2.75, 3.05) is 37.7 Å². The van der Waals surface area contributed by atoms with E-state index in [9.17, 15) is 9.18 Å². The number of hydrogen-bond acceptors (Lipinski definition) is 7. The molecule has 2 aromatic carbocycles. The van der Waals surface area contributed by atoms with E-state index >= 15 is 0 Å². The number of nitrogens with zero attached hydrogens (tertiary/aromatic N) is 4. The highest BCUT2D eigenvalue weighted by atomic mass is 32.1.